The highest BCUT2D eigenvalue weighted by Crippen LogP contribution is 2.13. The van der Waals surface area contributed by atoms with Gasteiger partial charge in [-0.1, -0.05) is 12.1 Å². The maximum absolute atomic E-state index is 11.1. The van der Waals surface area contributed by atoms with Gasteiger partial charge in [0.05, 0.1) is 6.04 Å². The summed E-state index contributed by atoms with van der Waals surface area (Å²) in [7, 11) is 1.58. The number of benzene rings is 1. The van der Waals surface area contributed by atoms with Gasteiger partial charge in [0.2, 0.25) is 5.91 Å². The number of nitrogens with two attached hydrogens (primary N) is 1. The van der Waals surface area contributed by atoms with Crippen molar-refractivity contribution >= 4 is 5.91 Å². The van der Waals surface area contributed by atoms with Gasteiger partial charge >= 0.3 is 0 Å². The van der Waals surface area contributed by atoms with Crippen LogP contribution < -0.4 is 11.1 Å². The van der Waals surface area contributed by atoms with E-state index in [4.69, 9.17) is 5.73 Å². The minimum atomic E-state index is -0.442. The van der Waals surface area contributed by atoms with Gasteiger partial charge in [0.25, 0.3) is 0 Å². The number of amides is 1. The fourth-order valence-electron chi connectivity index (χ4n) is 1.55. The second-order valence-corrected chi connectivity index (χ2v) is 3.78. The quantitative estimate of drug-likeness (QED) is 0.689. The summed E-state index contributed by atoms with van der Waals surface area (Å²) in [4.78, 5) is 11.1. The van der Waals surface area contributed by atoms with Crippen molar-refractivity contribution in [2.24, 2.45) is 5.73 Å². The first kappa shape index (κ1) is 12.5. The van der Waals surface area contributed by atoms with Crippen LogP contribution in [0.5, 0.6) is 5.75 Å². The summed E-state index contributed by atoms with van der Waals surface area (Å²) >= 11 is 0. The maximum atomic E-state index is 11.1. The van der Waals surface area contributed by atoms with Crippen LogP contribution in [0, 0.1) is 0 Å². The summed E-state index contributed by atoms with van der Waals surface area (Å²) in [5, 5.41) is 11.8. The maximum Gasteiger partial charge on any atom is 0.236 e. The van der Waals surface area contributed by atoms with Gasteiger partial charge in [0, 0.05) is 7.05 Å². The van der Waals surface area contributed by atoms with Crippen molar-refractivity contribution in [1.82, 2.24) is 5.32 Å². The summed E-state index contributed by atoms with van der Waals surface area (Å²) in [6, 6.07) is 6.68. The van der Waals surface area contributed by atoms with Gasteiger partial charge in [0.1, 0.15) is 5.75 Å². The standard InChI is InChI=1S/C12H18N2O2/c1-14-12(16)11(13)7-3-5-9-4-2-6-10(15)8-9/h2,4,6,8,11,15H,3,5,7,13H2,1H3,(H,14,16)/t11-/m0/s1. The molecule has 4 heteroatoms. The third-order valence-electron chi connectivity index (χ3n) is 2.47. The van der Waals surface area contributed by atoms with Crippen LogP contribution in [0.2, 0.25) is 0 Å². The number of aryl methyl sites for hydroxylation is 1. The summed E-state index contributed by atoms with van der Waals surface area (Å²) < 4.78 is 0. The number of aromatic hydroxyl groups is 1. The largest absolute Gasteiger partial charge is 0.508 e. The number of carbonyl (C=O) groups is 1. The SMILES string of the molecule is CNC(=O)[C@@H](N)CCCc1cccc(O)c1. The molecule has 0 aliphatic rings. The van der Waals surface area contributed by atoms with Crippen molar-refractivity contribution in [3.8, 4) is 5.75 Å². The second kappa shape index (κ2) is 6.12. The molecule has 0 bridgehead atoms. The van der Waals surface area contributed by atoms with Crippen molar-refractivity contribution in [3.63, 3.8) is 0 Å². The Kier molecular flexibility index (Phi) is 4.79. The summed E-state index contributed by atoms with van der Waals surface area (Å²) in [5.74, 6) is 0.143. The molecule has 1 amide bonds. The minimum absolute atomic E-state index is 0.129. The highest BCUT2D eigenvalue weighted by atomic mass is 16.3. The van der Waals surface area contributed by atoms with Crippen molar-refractivity contribution in [2.45, 2.75) is 25.3 Å². The van der Waals surface area contributed by atoms with Gasteiger partial charge < -0.3 is 16.2 Å². The van der Waals surface area contributed by atoms with E-state index in [1.54, 1.807) is 19.2 Å². The number of rotatable bonds is 5. The van der Waals surface area contributed by atoms with Crippen LogP contribution in [0.4, 0.5) is 0 Å². The Morgan fingerprint density at radius 2 is 2.31 bits per heavy atom. The molecule has 0 aromatic heterocycles. The molecular weight excluding hydrogens is 204 g/mol. The van der Waals surface area contributed by atoms with Gasteiger partial charge in [-0.15, -0.1) is 0 Å². The normalized spacial score (nSPS) is 12.1. The first-order valence-corrected chi connectivity index (χ1v) is 5.38. The fourth-order valence-corrected chi connectivity index (χ4v) is 1.55. The van der Waals surface area contributed by atoms with Crippen LogP contribution in [0.3, 0.4) is 0 Å². The lowest BCUT2D eigenvalue weighted by Gasteiger charge is -2.09. The second-order valence-electron chi connectivity index (χ2n) is 3.78. The van der Waals surface area contributed by atoms with Gasteiger partial charge in [0.15, 0.2) is 0 Å². The highest BCUT2D eigenvalue weighted by Gasteiger charge is 2.10. The molecule has 0 aliphatic heterocycles. The average molecular weight is 222 g/mol. The van der Waals surface area contributed by atoms with Gasteiger partial charge in [-0.3, -0.25) is 4.79 Å². The summed E-state index contributed by atoms with van der Waals surface area (Å²) in [6.07, 6.45) is 2.30. The molecule has 1 rings (SSSR count). The Labute approximate surface area is 95.5 Å². The van der Waals surface area contributed by atoms with E-state index in [2.05, 4.69) is 5.32 Å². The van der Waals surface area contributed by atoms with E-state index >= 15 is 0 Å². The van der Waals surface area contributed by atoms with Crippen LogP contribution >= 0.6 is 0 Å². The van der Waals surface area contributed by atoms with Crippen LogP contribution in [0.15, 0.2) is 24.3 Å². The van der Waals surface area contributed by atoms with Crippen LogP contribution in [-0.4, -0.2) is 24.1 Å². The lowest BCUT2D eigenvalue weighted by atomic mass is 10.0. The molecule has 1 aromatic rings. The van der Waals surface area contributed by atoms with Gasteiger partial charge in [-0.05, 0) is 37.0 Å². The molecule has 0 aliphatic carbocycles. The molecule has 0 fully saturated rings. The number of hydrogen-bond donors (Lipinski definition) is 3. The molecule has 0 unspecified atom stereocenters. The number of phenols is 1. The number of phenolic OH excluding ortho intramolecular Hbond substituents is 1. The Morgan fingerprint density at radius 1 is 1.56 bits per heavy atom. The van der Waals surface area contributed by atoms with E-state index in [0.29, 0.717) is 6.42 Å². The Bertz CT molecular complexity index is 353. The van der Waals surface area contributed by atoms with E-state index in [9.17, 15) is 9.90 Å². The van der Waals surface area contributed by atoms with E-state index in [0.717, 1.165) is 18.4 Å². The van der Waals surface area contributed by atoms with Gasteiger partial charge in [-0.25, -0.2) is 0 Å². The molecule has 1 atom stereocenters. The molecule has 0 heterocycles. The third-order valence-corrected chi connectivity index (χ3v) is 2.47. The lowest BCUT2D eigenvalue weighted by molar-refractivity contribution is -0.122. The fraction of sp³-hybridized carbons (Fsp3) is 0.417. The molecule has 1 aromatic carbocycles. The Morgan fingerprint density at radius 3 is 2.94 bits per heavy atom. The summed E-state index contributed by atoms with van der Waals surface area (Å²) in [6.45, 7) is 0. The number of carbonyl (C=O) groups excluding carboxylic acids is 1. The van der Waals surface area contributed by atoms with Crippen LogP contribution in [0.25, 0.3) is 0 Å². The third kappa shape index (κ3) is 3.90. The predicted octanol–water partition coefficient (Wildman–Crippen LogP) is 0.788. The smallest absolute Gasteiger partial charge is 0.236 e. The van der Waals surface area contributed by atoms with Gasteiger partial charge in [-0.2, -0.15) is 0 Å². The molecule has 0 saturated carbocycles. The van der Waals surface area contributed by atoms with Crippen molar-refractivity contribution in [2.75, 3.05) is 7.05 Å². The molecule has 16 heavy (non-hydrogen) atoms. The zero-order valence-corrected chi connectivity index (χ0v) is 9.44. The van der Waals surface area contributed by atoms with Crippen molar-refractivity contribution in [1.29, 1.82) is 0 Å². The first-order chi connectivity index (χ1) is 7.63. The predicted molar refractivity (Wildman–Crippen MR) is 63.1 cm³/mol. The zero-order valence-electron chi connectivity index (χ0n) is 9.44. The van der Waals surface area contributed by atoms with E-state index < -0.39 is 6.04 Å². The monoisotopic (exact) mass is 222 g/mol. The number of likely N-dealkylation sites (N-methyl/N-ethyl adjacent to an activating group) is 1. The molecule has 88 valence electrons. The van der Waals surface area contributed by atoms with Crippen LogP contribution in [0.1, 0.15) is 18.4 Å². The molecule has 0 spiro atoms. The molecular formula is C12H18N2O2. The molecule has 0 saturated heterocycles. The Hall–Kier alpha value is -1.55. The molecule has 4 N–H and O–H groups in total. The molecule has 4 nitrogen and oxygen atoms in total. The highest BCUT2D eigenvalue weighted by molar-refractivity contribution is 5.81. The number of hydrogen-bond acceptors (Lipinski definition) is 3. The average Bonchev–Trinajstić information content (AvgIpc) is 2.28. The van der Waals surface area contributed by atoms with E-state index in [1.165, 1.54) is 0 Å². The lowest BCUT2D eigenvalue weighted by Crippen LogP contribution is -2.38. The summed E-state index contributed by atoms with van der Waals surface area (Å²) in [5.41, 5.74) is 6.72. The zero-order chi connectivity index (χ0) is 12.0. The Balaban J connectivity index is 2.33. The van der Waals surface area contributed by atoms with E-state index in [1.807, 2.05) is 12.1 Å². The van der Waals surface area contributed by atoms with Crippen LogP contribution in [-0.2, 0) is 11.2 Å². The first-order valence-electron chi connectivity index (χ1n) is 5.38. The molecule has 0 radical (unpaired) electrons. The number of nitrogens with one attached hydrogen (secondary N) is 1. The topological polar surface area (TPSA) is 75.4 Å². The van der Waals surface area contributed by atoms with E-state index in [-0.39, 0.29) is 11.7 Å². The minimum Gasteiger partial charge on any atom is -0.508 e. The van der Waals surface area contributed by atoms with Crippen molar-refractivity contribution < 1.29 is 9.90 Å². The van der Waals surface area contributed by atoms with Crippen molar-refractivity contribution in [3.05, 3.63) is 29.8 Å².